The average molecular weight is 503 g/mol. The van der Waals surface area contributed by atoms with Crippen molar-refractivity contribution in [3.63, 3.8) is 0 Å². The van der Waals surface area contributed by atoms with Crippen LogP contribution >= 0.6 is 11.6 Å². The molecule has 0 fully saturated rings. The molecule has 1 atom stereocenters. The molecule has 10 nitrogen and oxygen atoms in total. The zero-order chi connectivity index (χ0) is 25.9. The lowest BCUT2D eigenvalue weighted by Gasteiger charge is -2.19. The van der Waals surface area contributed by atoms with Crippen LogP contribution in [0.5, 0.6) is 5.75 Å². The Morgan fingerprint density at radius 1 is 1.17 bits per heavy atom. The fraction of sp³-hybridized carbons (Fsp3) is 0.333. The molecule has 1 aromatic heterocycles. The van der Waals surface area contributed by atoms with Crippen molar-refractivity contribution in [3.8, 4) is 5.75 Å². The minimum atomic E-state index is -2.34. The van der Waals surface area contributed by atoms with Crippen molar-refractivity contribution in [1.82, 2.24) is 14.1 Å². The highest BCUT2D eigenvalue weighted by Crippen LogP contribution is 2.24. The molecule has 1 unspecified atom stereocenters. The van der Waals surface area contributed by atoms with Gasteiger partial charge < -0.3 is 14.9 Å². The molecule has 0 aliphatic rings. The Bertz CT molecular complexity index is 1420. The van der Waals surface area contributed by atoms with Gasteiger partial charge in [0.25, 0.3) is 0 Å². The van der Waals surface area contributed by atoms with Crippen LogP contribution in [-0.4, -0.2) is 42.0 Å². The predicted molar refractivity (Wildman–Crippen MR) is 130 cm³/mol. The molecular weight excluding hydrogens is 476 g/mol. The first-order chi connectivity index (χ1) is 16.4. The summed E-state index contributed by atoms with van der Waals surface area (Å²) in [6.45, 7) is 5.95. The number of hydrogen-bond acceptors (Lipinski definition) is 6. The van der Waals surface area contributed by atoms with Gasteiger partial charge >= 0.3 is 17.3 Å². The molecule has 35 heavy (non-hydrogen) atoms. The van der Waals surface area contributed by atoms with Gasteiger partial charge in [0.05, 0.1) is 24.9 Å². The number of nitrogens with one attached hydrogen (secondary N) is 1. The molecule has 0 saturated heterocycles. The second-order valence-corrected chi connectivity index (χ2v) is 9.08. The van der Waals surface area contributed by atoms with E-state index in [0.717, 1.165) is 12.5 Å². The molecule has 0 bridgehead atoms. The zero-order valence-corrected chi connectivity index (χ0v) is 20.5. The first-order valence-corrected chi connectivity index (χ1v) is 11.2. The number of hydrogen-bond donors (Lipinski definition) is 3. The van der Waals surface area contributed by atoms with Gasteiger partial charge in [-0.3, -0.25) is 9.55 Å². The van der Waals surface area contributed by atoms with Gasteiger partial charge in [0.2, 0.25) is 5.62 Å². The van der Waals surface area contributed by atoms with Crippen LogP contribution in [0.15, 0.2) is 57.0 Å². The molecular formula is C24H27ClN4O6. The van der Waals surface area contributed by atoms with Crippen LogP contribution in [0.2, 0.25) is 5.02 Å². The van der Waals surface area contributed by atoms with Gasteiger partial charge in [-0.15, -0.1) is 0 Å². The first kappa shape index (κ1) is 26.0. The summed E-state index contributed by atoms with van der Waals surface area (Å²) in [6.07, 6.45) is -0.00928. The quantitative estimate of drug-likeness (QED) is 0.431. The smallest absolute Gasteiger partial charge is 0.337 e. The summed E-state index contributed by atoms with van der Waals surface area (Å²) in [5.74, 6) is -0.881. The number of carboxylic acid groups (broad SMARTS) is 1. The maximum absolute atomic E-state index is 13.3. The molecule has 3 aromatic rings. The van der Waals surface area contributed by atoms with Gasteiger partial charge in [-0.2, -0.15) is 0 Å². The molecule has 3 N–H and O–H groups in total. The molecule has 11 heteroatoms. The normalized spacial score (nSPS) is 13.6. The van der Waals surface area contributed by atoms with Gasteiger partial charge in [0.15, 0.2) is 5.60 Å². The molecule has 0 radical (unpaired) electrons. The highest BCUT2D eigenvalue weighted by Gasteiger charge is 2.32. The van der Waals surface area contributed by atoms with Gasteiger partial charge in [-0.05, 0) is 69.2 Å². The molecule has 1 heterocycles. The van der Waals surface area contributed by atoms with Crippen molar-refractivity contribution in [3.05, 3.63) is 85.2 Å². The number of aliphatic hydroxyl groups is 1. The summed E-state index contributed by atoms with van der Waals surface area (Å²) in [7, 11) is 0. The van der Waals surface area contributed by atoms with E-state index >= 15 is 0 Å². The van der Waals surface area contributed by atoms with Gasteiger partial charge in [0, 0.05) is 5.02 Å². The van der Waals surface area contributed by atoms with Crippen molar-refractivity contribution in [2.75, 3.05) is 0 Å². The lowest BCUT2D eigenvalue weighted by Crippen LogP contribution is -2.54. The second-order valence-electron chi connectivity index (χ2n) is 8.64. The Balaban J connectivity index is 2.19. The summed E-state index contributed by atoms with van der Waals surface area (Å²) >= 11 is 5.96. The third-order valence-electron chi connectivity index (χ3n) is 5.12. The number of nitrogens with zero attached hydrogens (tertiary/aromatic N) is 3. The number of aromatic amines is 1. The van der Waals surface area contributed by atoms with E-state index < -0.39 is 29.5 Å². The first-order valence-electron chi connectivity index (χ1n) is 10.8. The Labute approximate surface area is 205 Å². The summed E-state index contributed by atoms with van der Waals surface area (Å²) in [5, 5.41) is 19.9. The average Bonchev–Trinajstić information content (AvgIpc) is 2.77. The maximum Gasteiger partial charge on any atom is 0.337 e. The molecule has 0 saturated carbocycles. The highest BCUT2D eigenvalue weighted by molar-refractivity contribution is 6.30. The van der Waals surface area contributed by atoms with E-state index in [2.05, 4.69) is 9.98 Å². The van der Waals surface area contributed by atoms with E-state index in [1.807, 2.05) is 20.8 Å². The van der Waals surface area contributed by atoms with Crippen molar-refractivity contribution in [2.24, 2.45) is 4.99 Å². The van der Waals surface area contributed by atoms with Crippen LogP contribution in [0.1, 0.15) is 31.9 Å². The molecule has 2 aromatic carbocycles. The van der Waals surface area contributed by atoms with Crippen molar-refractivity contribution in [2.45, 2.75) is 52.5 Å². The second kappa shape index (κ2) is 10.3. The number of H-pyrrole nitrogens is 1. The topological polar surface area (TPSA) is 139 Å². The monoisotopic (exact) mass is 502 g/mol. The Morgan fingerprint density at radius 2 is 1.83 bits per heavy atom. The number of rotatable bonds is 8. The SMILES string of the molecule is Cc1cc(N=c2[nH]c(=O)n(CC(C)(O)C(=O)O)c(=O)n2Cc2ccc(Cl)cc2)ccc1OC(C)C. The van der Waals surface area contributed by atoms with E-state index in [0.29, 0.717) is 26.6 Å². The Hall–Kier alpha value is -3.63. The fourth-order valence-corrected chi connectivity index (χ4v) is 3.41. The number of halogens is 1. The van der Waals surface area contributed by atoms with E-state index in [4.69, 9.17) is 16.3 Å². The van der Waals surface area contributed by atoms with E-state index in [1.165, 1.54) is 4.57 Å². The minimum absolute atomic E-state index is 0.00829. The lowest BCUT2D eigenvalue weighted by molar-refractivity contribution is -0.158. The number of aryl methyl sites for hydroxylation is 1. The summed E-state index contributed by atoms with van der Waals surface area (Å²) in [6, 6.07) is 11.9. The lowest BCUT2D eigenvalue weighted by atomic mass is 10.1. The van der Waals surface area contributed by atoms with E-state index in [1.54, 1.807) is 42.5 Å². The number of aromatic nitrogens is 3. The maximum atomic E-state index is 13.3. The number of aliphatic carboxylic acids is 1. The van der Waals surface area contributed by atoms with Gasteiger partial charge in [-0.1, -0.05) is 23.7 Å². The Morgan fingerprint density at radius 3 is 2.40 bits per heavy atom. The molecule has 186 valence electrons. The zero-order valence-electron chi connectivity index (χ0n) is 19.8. The van der Waals surface area contributed by atoms with Crippen LogP contribution < -0.4 is 21.7 Å². The number of benzene rings is 2. The molecule has 3 rings (SSSR count). The molecule has 0 aliphatic heterocycles. The van der Waals surface area contributed by atoms with Gasteiger partial charge in [-0.25, -0.2) is 23.9 Å². The Kier molecular flexibility index (Phi) is 7.67. The molecule has 0 amide bonds. The summed E-state index contributed by atoms with van der Waals surface area (Å²) in [4.78, 5) is 44.4. The number of carbonyl (C=O) groups is 1. The van der Waals surface area contributed by atoms with E-state index in [9.17, 15) is 24.6 Å². The summed E-state index contributed by atoms with van der Waals surface area (Å²) in [5.41, 5.74) is -2.14. The van der Waals surface area contributed by atoms with Crippen molar-refractivity contribution in [1.29, 1.82) is 0 Å². The van der Waals surface area contributed by atoms with Crippen LogP contribution in [-0.2, 0) is 17.9 Å². The van der Waals surface area contributed by atoms with Crippen LogP contribution in [0.4, 0.5) is 5.69 Å². The predicted octanol–water partition coefficient (Wildman–Crippen LogP) is 2.20. The largest absolute Gasteiger partial charge is 0.491 e. The van der Waals surface area contributed by atoms with Crippen LogP contribution in [0, 0.1) is 6.92 Å². The van der Waals surface area contributed by atoms with Crippen LogP contribution in [0.25, 0.3) is 0 Å². The third-order valence-corrected chi connectivity index (χ3v) is 5.37. The highest BCUT2D eigenvalue weighted by atomic mass is 35.5. The van der Waals surface area contributed by atoms with Crippen LogP contribution in [0.3, 0.4) is 0 Å². The molecule has 0 aliphatic carbocycles. The van der Waals surface area contributed by atoms with Crippen molar-refractivity contribution < 1.29 is 19.7 Å². The summed E-state index contributed by atoms with van der Waals surface area (Å²) < 4.78 is 7.57. The standard InChI is InChI=1S/C24H27ClN4O6/c1-14(2)35-19-10-9-18(11-15(19)3)26-21-27-22(32)29(13-24(4,34)20(30)31)23(33)28(21)12-16-5-7-17(25)8-6-16/h5-11,14,34H,12-13H2,1-4H3,(H,30,31)(H,26,27,32). The number of ether oxygens (including phenoxy) is 1. The fourth-order valence-electron chi connectivity index (χ4n) is 3.28. The minimum Gasteiger partial charge on any atom is -0.491 e. The van der Waals surface area contributed by atoms with E-state index in [-0.39, 0.29) is 18.3 Å². The number of carboxylic acids is 1. The van der Waals surface area contributed by atoms with Crippen molar-refractivity contribution >= 4 is 23.3 Å². The van der Waals surface area contributed by atoms with Gasteiger partial charge in [0.1, 0.15) is 5.75 Å². The third kappa shape index (κ3) is 6.28. The molecule has 0 spiro atoms.